The van der Waals surface area contributed by atoms with Gasteiger partial charge in [-0.05, 0) is 34.5 Å². The topological polar surface area (TPSA) is 54.5 Å². The average Bonchev–Trinajstić information content (AvgIpc) is 2.99. The highest BCUT2D eigenvalue weighted by Gasteiger charge is 2.46. The van der Waals surface area contributed by atoms with E-state index in [4.69, 9.17) is 10.7 Å². The summed E-state index contributed by atoms with van der Waals surface area (Å²) in [5, 5.41) is 1.47. The van der Waals surface area contributed by atoms with Crippen LogP contribution in [0.2, 0.25) is 0 Å². The molecule has 2 aromatic carbocycles. The van der Waals surface area contributed by atoms with Crippen LogP contribution in [0.25, 0.3) is 10.8 Å². The Bertz CT molecular complexity index is 1020. The van der Waals surface area contributed by atoms with Crippen LogP contribution in [0.15, 0.2) is 35.2 Å². The Morgan fingerprint density at radius 3 is 2.36 bits per heavy atom. The van der Waals surface area contributed by atoms with Crippen molar-refractivity contribution in [2.75, 3.05) is 16.8 Å². The molecule has 0 saturated carbocycles. The Kier molecular flexibility index (Phi) is 7.56. The second kappa shape index (κ2) is 8.72. The number of carbonyl (C=O) groups excluding carboxylic acids is 1. The Labute approximate surface area is 174 Å². The molecule has 1 amide bonds. The van der Waals surface area contributed by atoms with Crippen molar-refractivity contribution in [3.8, 4) is 12.8 Å². The maximum absolute atomic E-state index is 12.8. The number of anilines is 1. The van der Waals surface area contributed by atoms with Crippen LogP contribution in [-0.2, 0) is 13.8 Å². The molecule has 1 unspecified atom stereocenters. The van der Waals surface area contributed by atoms with Gasteiger partial charge in [0.15, 0.2) is 0 Å². The number of fused-ring (bicyclic) bond motifs is 3. The molecule has 1 aliphatic rings. The summed E-state index contributed by atoms with van der Waals surface area (Å²) >= 11 is 3.27. The van der Waals surface area contributed by atoms with Gasteiger partial charge in [-0.1, -0.05) is 35.5 Å². The van der Waals surface area contributed by atoms with E-state index in [2.05, 4.69) is 28.8 Å². The van der Waals surface area contributed by atoms with E-state index in [-0.39, 0.29) is 30.5 Å². The number of halogens is 5. The first-order chi connectivity index (χ1) is 12.5. The van der Waals surface area contributed by atoms with Gasteiger partial charge in [-0.2, -0.15) is 13.2 Å². The number of rotatable bonds is 2. The third-order valence-corrected chi connectivity index (χ3v) is 6.20. The molecule has 3 rings (SSSR count). The van der Waals surface area contributed by atoms with Crippen molar-refractivity contribution < 1.29 is 26.4 Å². The number of carbonyl (C=O) groups is 1. The molecular formula is C18H16BrClF3NO3S. The normalized spacial score (nSPS) is 16.0. The van der Waals surface area contributed by atoms with E-state index in [0.717, 1.165) is 0 Å². The van der Waals surface area contributed by atoms with E-state index in [0.29, 0.717) is 26.6 Å². The lowest BCUT2D eigenvalue weighted by Crippen LogP contribution is -2.40. The number of terminal acetylenes is 1. The molecule has 0 saturated heterocycles. The highest BCUT2D eigenvalue weighted by atomic mass is 79.9. The summed E-state index contributed by atoms with van der Waals surface area (Å²) < 4.78 is 61.4. The van der Waals surface area contributed by atoms with Gasteiger partial charge < -0.3 is 4.90 Å². The van der Waals surface area contributed by atoms with Crippen LogP contribution >= 0.6 is 26.6 Å². The fraction of sp³-hybridized carbons (Fsp3) is 0.278. The number of alkyl halides is 4. The van der Waals surface area contributed by atoms with Gasteiger partial charge in [0.05, 0.1) is 4.90 Å². The highest BCUT2D eigenvalue weighted by molar-refractivity contribution is 9.09. The van der Waals surface area contributed by atoms with E-state index < -0.39 is 21.1 Å². The lowest BCUT2D eigenvalue weighted by atomic mass is 9.96. The van der Waals surface area contributed by atoms with Crippen LogP contribution < -0.4 is 4.90 Å². The fourth-order valence-electron chi connectivity index (χ4n) is 3.02. The van der Waals surface area contributed by atoms with Crippen LogP contribution in [0.5, 0.6) is 0 Å². The van der Waals surface area contributed by atoms with E-state index in [9.17, 15) is 26.4 Å². The van der Waals surface area contributed by atoms with Gasteiger partial charge in [0.1, 0.15) is 0 Å². The van der Waals surface area contributed by atoms with E-state index in [1.807, 2.05) is 0 Å². The minimum Gasteiger partial charge on any atom is -0.304 e. The molecule has 10 heteroatoms. The first-order valence-corrected chi connectivity index (χ1v) is 10.8. The Hall–Kier alpha value is -1.76. The van der Waals surface area contributed by atoms with Gasteiger partial charge in [0, 0.05) is 34.2 Å². The lowest BCUT2D eigenvalue weighted by Gasteiger charge is -2.19. The second-order valence-electron chi connectivity index (χ2n) is 5.58. The number of hydrogen-bond acceptors (Lipinski definition) is 3. The lowest BCUT2D eigenvalue weighted by molar-refractivity contribution is -0.170. The van der Waals surface area contributed by atoms with Crippen LogP contribution in [0, 0.1) is 12.8 Å². The van der Waals surface area contributed by atoms with E-state index >= 15 is 0 Å². The van der Waals surface area contributed by atoms with Crippen molar-refractivity contribution in [3.05, 3.63) is 35.9 Å². The maximum Gasteiger partial charge on any atom is 0.471 e. The first kappa shape index (κ1) is 24.3. The summed E-state index contributed by atoms with van der Waals surface area (Å²) in [4.78, 5) is 12.3. The summed E-state index contributed by atoms with van der Waals surface area (Å²) in [6.45, 7) is -0.104. The predicted octanol–water partition coefficient (Wildman–Crippen LogP) is 5.04. The van der Waals surface area contributed by atoms with Crippen molar-refractivity contribution in [2.24, 2.45) is 0 Å². The molecule has 1 atom stereocenters. The van der Waals surface area contributed by atoms with Gasteiger partial charge in [-0.25, -0.2) is 8.42 Å². The molecule has 0 aliphatic carbocycles. The van der Waals surface area contributed by atoms with Gasteiger partial charge in [-0.3, -0.25) is 4.79 Å². The Balaban J connectivity index is 0.00000127. The third kappa shape index (κ3) is 4.45. The summed E-state index contributed by atoms with van der Waals surface area (Å²) in [6, 6.07) is 7.03. The molecular weight excluding hydrogens is 483 g/mol. The number of amides is 1. The van der Waals surface area contributed by atoms with Crippen molar-refractivity contribution in [2.45, 2.75) is 24.4 Å². The van der Waals surface area contributed by atoms with Gasteiger partial charge >= 0.3 is 12.1 Å². The number of benzene rings is 2. The molecule has 0 aromatic heterocycles. The second-order valence-corrected chi connectivity index (χ2v) is 8.80. The minimum absolute atomic E-state index is 0. The molecule has 0 spiro atoms. The summed E-state index contributed by atoms with van der Waals surface area (Å²) in [5.74, 6) is -2.26. The predicted molar refractivity (Wildman–Crippen MR) is 109 cm³/mol. The molecule has 2 aromatic rings. The molecule has 0 N–H and O–H groups in total. The summed E-state index contributed by atoms with van der Waals surface area (Å²) in [6.07, 6.45) is 3.03. The Morgan fingerprint density at radius 1 is 1.25 bits per heavy atom. The van der Waals surface area contributed by atoms with Crippen molar-refractivity contribution in [3.63, 3.8) is 0 Å². The molecule has 152 valence electrons. The standard InChI is InChI=1S/C15H10BrClF3NO3S.C2H2.CH4/c16-6-9-7-21(14(22)15(18,19)20)12-4-1-8-5-10(25(17,23)24)2-3-11(8)13(9)12;1-2;/h1-5,9H,6-7H2;1-2H;1H4. The molecule has 0 fully saturated rings. The molecule has 1 heterocycles. The van der Waals surface area contributed by atoms with Crippen LogP contribution in [0.3, 0.4) is 0 Å². The van der Waals surface area contributed by atoms with Gasteiger partial charge in [0.2, 0.25) is 0 Å². The largest absolute Gasteiger partial charge is 0.471 e. The van der Waals surface area contributed by atoms with E-state index in [1.165, 1.54) is 30.3 Å². The van der Waals surface area contributed by atoms with Gasteiger partial charge in [0.25, 0.3) is 9.05 Å². The Morgan fingerprint density at radius 2 is 1.86 bits per heavy atom. The number of nitrogens with zero attached hydrogens (tertiary/aromatic N) is 1. The minimum atomic E-state index is -4.97. The smallest absolute Gasteiger partial charge is 0.304 e. The quantitative estimate of drug-likeness (QED) is 0.331. The van der Waals surface area contributed by atoms with Crippen LogP contribution in [0.1, 0.15) is 18.9 Å². The van der Waals surface area contributed by atoms with E-state index in [1.54, 1.807) is 0 Å². The third-order valence-electron chi connectivity index (χ3n) is 4.07. The molecule has 1 aliphatic heterocycles. The molecule has 28 heavy (non-hydrogen) atoms. The average molecular weight is 499 g/mol. The van der Waals surface area contributed by atoms with Crippen molar-refractivity contribution in [1.29, 1.82) is 0 Å². The van der Waals surface area contributed by atoms with Crippen LogP contribution in [0.4, 0.5) is 18.9 Å². The monoisotopic (exact) mass is 497 g/mol. The maximum atomic E-state index is 12.8. The highest BCUT2D eigenvalue weighted by Crippen LogP contribution is 2.43. The molecule has 4 nitrogen and oxygen atoms in total. The zero-order chi connectivity index (χ0) is 20.6. The molecule has 0 bridgehead atoms. The first-order valence-electron chi connectivity index (χ1n) is 7.33. The fourth-order valence-corrected chi connectivity index (χ4v) is 4.33. The zero-order valence-corrected chi connectivity index (χ0v) is 16.7. The SMILES string of the molecule is C.C#C.O=C(N1CC(CBr)c2c1ccc1cc(S(=O)(=O)Cl)ccc21)C(F)(F)F. The van der Waals surface area contributed by atoms with Gasteiger partial charge in [-0.15, -0.1) is 12.8 Å². The molecule has 0 radical (unpaired) electrons. The summed E-state index contributed by atoms with van der Waals surface area (Å²) in [5.41, 5.74) is 0.756. The number of hydrogen-bond donors (Lipinski definition) is 0. The van der Waals surface area contributed by atoms with Crippen molar-refractivity contribution in [1.82, 2.24) is 0 Å². The zero-order valence-electron chi connectivity index (χ0n) is 13.5. The van der Waals surface area contributed by atoms with Crippen molar-refractivity contribution >= 4 is 58.0 Å². The van der Waals surface area contributed by atoms with Crippen LogP contribution in [-0.4, -0.2) is 32.4 Å². The summed E-state index contributed by atoms with van der Waals surface area (Å²) in [7, 11) is 1.41.